The van der Waals surface area contributed by atoms with Crippen molar-refractivity contribution in [3.8, 4) is 0 Å². The first kappa shape index (κ1) is 31.2. The summed E-state index contributed by atoms with van der Waals surface area (Å²) in [5, 5.41) is 0. The number of pyridine rings is 4. The predicted octanol–water partition coefficient (Wildman–Crippen LogP) is 4.99. The maximum atomic E-state index is 5.66. The van der Waals surface area contributed by atoms with Gasteiger partial charge >= 0.3 is 0 Å². The second-order valence-electron chi connectivity index (χ2n) is 13.2. The Morgan fingerprint density at radius 1 is 0.404 bits per heavy atom. The molecule has 9 heterocycles. The van der Waals surface area contributed by atoms with Crippen LogP contribution in [0.3, 0.4) is 0 Å². The zero-order valence-corrected chi connectivity index (χ0v) is 29.4. The minimum atomic E-state index is 0.815. The van der Waals surface area contributed by atoms with E-state index in [1.807, 2.05) is 36.4 Å². The quantitative estimate of drug-likeness (QED) is 0.274. The summed E-state index contributed by atoms with van der Waals surface area (Å²) in [4.78, 5) is 21.1. The molecule has 0 saturated heterocycles. The van der Waals surface area contributed by atoms with Gasteiger partial charge in [0.1, 0.15) is 28.2 Å². The van der Waals surface area contributed by atoms with E-state index in [0.717, 1.165) is 90.7 Å². The molecule has 8 nitrogen and oxygen atoms in total. The molecule has 0 saturated carbocycles. The van der Waals surface area contributed by atoms with Crippen LogP contribution in [0.15, 0.2) is 189 Å². The molecule has 8 heteroatoms. The van der Waals surface area contributed by atoms with Crippen LogP contribution < -0.4 is 18.3 Å². The van der Waals surface area contributed by atoms with Crippen LogP contribution >= 0.6 is 0 Å². The molecule has 0 fully saturated rings. The van der Waals surface area contributed by atoms with Crippen molar-refractivity contribution in [2.75, 3.05) is 0 Å². The van der Waals surface area contributed by atoms with E-state index >= 15 is 0 Å². The van der Waals surface area contributed by atoms with Crippen LogP contribution in [0.2, 0.25) is 0 Å². The summed E-state index contributed by atoms with van der Waals surface area (Å²) in [7, 11) is 8.33. The van der Waals surface area contributed by atoms with Crippen LogP contribution in [-0.2, 0) is 28.2 Å². The maximum Gasteiger partial charge on any atom is 0.216 e. The number of aliphatic imine (C=N–C) groups is 4. The van der Waals surface area contributed by atoms with Gasteiger partial charge in [-0.05, 0) is 72.9 Å². The molecule has 0 radical (unpaired) electrons. The molecule has 5 aliphatic heterocycles. The summed E-state index contributed by atoms with van der Waals surface area (Å²) >= 11 is 0. The molecule has 0 aromatic carbocycles. The Bertz CT molecular complexity index is 2650. The summed E-state index contributed by atoms with van der Waals surface area (Å²) in [5.41, 5.74) is 14.7. The van der Waals surface area contributed by atoms with Crippen molar-refractivity contribution < 1.29 is 18.3 Å². The molecular weight excluding hydrogens is 641 g/mol. The third kappa shape index (κ3) is 5.41. The van der Waals surface area contributed by atoms with Crippen LogP contribution in [0, 0.1) is 0 Å². The summed E-state index contributed by atoms with van der Waals surface area (Å²) in [6.45, 7) is 0. The number of hydrogen-bond donors (Lipinski definition) is 0. The topological polar surface area (TPSA) is 65.0 Å². The van der Waals surface area contributed by atoms with E-state index in [4.69, 9.17) is 20.0 Å². The largest absolute Gasteiger partial charge is 0.249 e. The van der Waals surface area contributed by atoms with Gasteiger partial charge in [0.05, 0.1) is 67.9 Å². The van der Waals surface area contributed by atoms with Crippen molar-refractivity contribution in [2.45, 2.75) is 0 Å². The van der Waals surface area contributed by atoms with Gasteiger partial charge in [0.2, 0.25) is 22.8 Å². The van der Waals surface area contributed by atoms with E-state index in [2.05, 4.69) is 156 Å². The van der Waals surface area contributed by atoms with E-state index in [1.165, 1.54) is 0 Å². The van der Waals surface area contributed by atoms with Gasteiger partial charge in [-0.2, -0.15) is 0 Å². The molecule has 0 amide bonds. The molecule has 5 aliphatic rings. The van der Waals surface area contributed by atoms with Crippen LogP contribution in [0.25, 0.3) is 22.3 Å². The highest BCUT2D eigenvalue weighted by Gasteiger charge is 2.40. The lowest BCUT2D eigenvalue weighted by molar-refractivity contribution is -0.675. The highest BCUT2D eigenvalue weighted by Crippen LogP contribution is 2.44. The average molecular weight is 677 g/mol. The Morgan fingerprint density at radius 3 is 1.44 bits per heavy atom. The number of allylic oxidation sites excluding steroid dienone is 12. The maximum absolute atomic E-state index is 5.66. The average Bonchev–Trinajstić information content (AvgIpc) is 3.95. The number of hydrogen-bond acceptors (Lipinski definition) is 4. The number of aryl methyl sites for hydroxylation is 4. The Labute approximate surface area is 302 Å². The van der Waals surface area contributed by atoms with Crippen molar-refractivity contribution in [3.05, 3.63) is 192 Å². The van der Waals surface area contributed by atoms with E-state index in [1.54, 1.807) is 0 Å². The molecular formula is C44H36N8+4. The van der Waals surface area contributed by atoms with E-state index < -0.39 is 0 Å². The van der Waals surface area contributed by atoms with Gasteiger partial charge in [-0.1, -0.05) is 0 Å². The van der Waals surface area contributed by atoms with Gasteiger partial charge in [0.15, 0.2) is 24.8 Å². The van der Waals surface area contributed by atoms with Crippen LogP contribution in [0.5, 0.6) is 0 Å². The normalized spacial score (nSPS) is 17.5. The SMILES string of the molecule is C[n+]1ccccc1C1=CC2=CC3=NC(=CC4=NC(=CC5=NC(=C(c6cccc[n+]6C)C1=N2)C(c1cccc[n+]1C)=C5c1cccc[n+]1C)C=C4)C=C3. The van der Waals surface area contributed by atoms with Crippen molar-refractivity contribution >= 4 is 45.1 Å². The van der Waals surface area contributed by atoms with Gasteiger partial charge in [-0.25, -0.2) is 38.2 Å². The van der Waals surface area contributed by atoms with Gasteiger partial charge in [0, 0.05) is 48.5 Å². The monoisotopic (exact) mass is 676 g/mol. The third-order valence-electron chi connectivity index (χ3n) is 9.74. The van der Waals surface area contributed by atoms with Crippen LogP contribution in [0.1, 0.15) is 22.8 Å². The molecule has 248 valence electrons. The molecule has 8 bridgehead atoms. The number of fused-ring (bicyclic) bond motifs is 4. The van der Waals surface area contributed by atoms with E-state index in [0.29, 0.717) is 0 Å². The van der Waals surface area contributed by atoms with E-state index in [-0.39, 0.29) is 0 Å². The molecule has 0 unspecified atom stereocenters. The number of aromatic nitrogens is 4. The third-order valence-corrected chi connectivity index (χ3v) is 9.74. The predicted molar refractivity (Wildman–Crippen MR) is 204 cm³/mol. The van der Waals surface area contributed by atoms with Gasteiger partial charge in [-0.3, -0.25) is 0 Å². The fraction of sp³-hybridized carbons (Fsp3) is 0.0909. The van der Waals surface area contributed by atoms with Crippen LogP contribution in [0.4, 0.5) is 0 Å². The Kier molecular flexibility index (Phi) is 7.51. The van der Waals surface area contributed by atoms with Crippen molar-refractivity contribution in [1.29, 1.82) is 0 Å². The second-order valence-corrected chi connectivity index (χ2v) is 13.2. The van der Waals surface area contributed by atoms with Crippen molar-refractivity contribution in [2.24, 2.45) is 48.2 Å². The van der Waals surface area contributed by atoms with Crippen molar-refractivity contribution in [1.82, 2.24) is 0 Å². The van der Waals surface area contributed by atoms with E-state index in [9.17, 15) is 0 Å². The molecule has 0 atom stereocenters. The lowest BCUT2D eigenvalue weighted by Crippen LogP contribution is -2.36. The first-order valence-electron chi connectivity index (χ1n) is 17.3. The zero-order chi connectivity index (χ0) is 35.3. The van der Waals surface area contributed by atoms with Crippen LogP contribution in [-0.4, -0.2) is 22.8 Å². The van der Waals surface area contributed by atoms with Crippen molar-refractivity contribution in [3.63, 3.8) is 0 Å². The Morgan fingerprint density at radius 2 is 0.885 bits per heavy atom. The molecule has 4 aromatic rings. The van der Waals surface area contributed by atoms with Gasteiger partial charge in [0.25, 0.3) is 0 Å². The van der Waals surface area contributed by atoms with Gasteiger partial charge < -0.3 is 0 Å². The Balaban J connectivity index is 1.47. The standard InChI is InChI=1S/C44H36N8/c1-49-21-9-5-13-36(49)34-27-33-26-31-18-17-29(45-31)25-30-19-20-32(46-30)28-35-40(37-14-6-10-22-50(37)2)41(38-15-7-11-23-51(38)3)44(48-35)42(43(34)47-33)39-16-8-12-24-52(39)4/h5-28H,1-4H3/q+4. The first-order chi connectivity index (χ1) is 25.4. The summed E-state index contributed by atoms with van der Waals surface area (Å²) in [5.74, 6) is 0. The Hall–Kier alpha value is -6.80. The highest BCUT2D eigenvalue weighted by molar-refractivity contribution is 6.49. The molecule has 0 aliphatic carbocycles. The number of rotatable bonds is 4. The van der Waals surface area contributed by atoms with Gasteiger partial charge in [-0.15, -0.1) is 0 Å². The summed E-state index contributed by atoms with van der Waals surface area (Å²) in [6.07, 6.45) is 24.8. The minimum Gasteiger partial charge on any atom is -0.249 e. The lowest BCUT2D eigenvalue weighted by atomic mass is 9.90. The minimum absolute atomic E-state index is 0.815. The molecule has 0 spiro atoms. The lowest BCUT2D eigenvalue weighted by Gasteiger charge is -2.13. The summed E-state index contributed by atoms with van der Waals surface area (Å²) < 4.78 is 8.63. The first-order valence-corrected chi connectivity index (χ1v) is 17.3. The number of nitrogens with zero attached hydrogens (tertiary/aromatic N) is 8. The fourth-order valence-electron chi connectivity index (χ4n) is 7.23. The smallest absolute Gasteiger partial charge is 0.216 e. The highest BCUT2D eigenvalue weighted by atomic mass is 15.0. The molecule has 0 N–H and O–H groups in total. The zero-order valence-electron chi connectivity index (χ0n) is 29.4. The fourth-order valence-corrected chi connectivity index (χ4v) is 7.23. The molecule has 4 aromatic heterocycles. The summed E-state index contributed by atoms with van der Waals surface area (Å²) in [6, 6.07) is 25.2. The molecule has 52 heavy (non-hydrogen) atoms. The second kappa shape index (κ2) is 12.5. The molecule has 9 rings (SSSR count).